The molecule has 0 aliphatic heterocycles. The molecule has 0 bridgehead atoms. The van der Waals surface area contributed by atoms with Crippen LogP contribution in [0.5, 0.6) is 0 Å². The summed E-state index contributed by atoms with van der Waals surface area (Å²) in [4.78, 5) is 11.4. The van der Waals surface area contributed by atoms with E-state index in [4.69, 9.17) is 0 Å². The first-order chi connectivity index (χ1) is 7.08. The lowest BCUT2D eigenvalue weighted by atomic mass is 10.0. The van der Waals surface area contributed by atoms with E-state index in [2.05, 4.69) is 37.8 Å². The molecule has 0 aliphatic rings. The van der Waals surface area contributed by atoms with Gasteiger partial charge in [0.15, 0.2) is 0 Å². The summed E-state index contributed by atoms with van der Waals surface area (Å²) in [5, 5.41) is 0. The SMILES string of the molecule is C=C(C)CC(=O)CCc1ccc(C)cc1. The van der Waals surface area contributed by atoms with Crippen LogP contribution in [0, 0.1) is 6.92 Å². The molecule has 1 rings (SSSR count). The van der Waals surface area contributed by atoms with E-state index in [0.717, 1.165) is 12.0 Å². The number of Topliss-reactive ketones (excluding diaryl/α,β-unsaturated/α-hetero) is 1. The summed E-state index contributed by atoms with van der Waals surface area (Å²) in [6.07, 6.45) is 1.98. The molecule has 0 saturated carbocycles. The third kappa shape index (κ3) is 4.59. The second-order valence-electron chi connectivity index (χ2n) is 4.16. The van der Waals surface area contributed by atoms with E-state index in [-0.39, 0.29) is 5.78 Å². The third-order valence-electron chi connectivity index (χ3n) is 2.31. The number of hydrogen-bond acceptors (Lipinski definition) is 1. The van der Waals surface area contributed by atoms with E-state index in [1.807, 2.05) is 6.92 Å². The second kappa shape index (κ2) is 5.50. The van der Waals surface area contributed by atoms with Gasteiger partial charge in [-0.1, -0.05) is 42.0 Å². The lowest BCUT2D eigenvalue weighted by molar-refractivity contribution is -0.118. The molecule has 0 saturated heterocycles. The average Bonchev–Trinajstić information content (AvgIpc) is 2.16. The zero-order valence-electron chi connectivity index (χ0n) is 9.55. The van der Waals surface area contributed by atoms with Gasteiger partial charge in [0.1, 0.15) is 5.78 Å². The molecule has 0 amide bonds. The van der Waals surface area contributed by atoms with Crippen LogP contribution in [0.25, 0.3) is 0 Å². The molecule has 0 atom stereocenters. The third-order valence-corrected chi connectivity index (χ3v) is 2.31. The van der Waals surface area contributed by atoms with Gasteiger partial charge in [0.2, 0.25) is 0 Å². The fourth-order valence-corrected chi connectivity index (χ4v) is 1.46. The Morgan fingerprint density at radius 1 is 1.27 bits per heavy atom. The highest BCUT2D eigenvalue weighted by molar-refractivity contribution is 5.80. The normalized spacial score (nSPS) is 10.0. The minimum Gasteiger partial charge on any atom is -0.299 e. The van der Waals surface area contributed by atoms with Crippen molar-refractivity contribution in [1.82, 2.24) is 0 Å². The minimum atomic E-state index is 0.281. The molecule has 0 radical (unpaired) electrons. The van der Waals surface area contributed by atoms with Crippen LogP contribution in [0.3, 0.4) is 0 Å². The predicted octanol–water partition coefficient (Wildman–Crippen LogP) is 3.46. The highest BCUT2D eigenvalue weighted by atomic mass is 16.1. The first-order valence-electron chi connectivity index (χ1n) is 5.29. The lowest BCUT2D eigenvalue weighted by Gasteiger charge is -2.02. The van der Waals surface area contributed by atoms with Gasteiger partial charge in [-0.05, 0) is 25.8 Å². The van der Waals surface area contributed by atoms with Crippen molar-refractivity contribution >= 4 is 5.78 Å². The molecule has 1 aromatic rings. The predicted molar refractivity (Wildman–Crippen MR) is 63.9 cm³/mol. The summed E-state index contributed by atoms with van der Waals surface area (Å²) in [7, 11) is 0. The molecule has 1 aromatic carbocycles. The Morgan fingerprint density at radius 2 is 1.87 bits per heavy atom. The Labute approximate surface area is 91.8 Å². The van der Waals surface area contributed by atoms with Crippen LogP contribution in [0.15, 0.2) is 36.4 Å². The van der Waals surface area contributed by atoms with Crippen LogP contribution in [0.2, 0.25) is 0 Å². The maximum atomic E-state index is 11.4. The average molecular weight is 202 g/mol. The molecule has 0 heterocycles. The fraction of sp³-hybridized carbons (Fsp3) is 0.357. The van der Waals surface area contributed by atoms with Crippen LogP contribution < -0.4 is 0 Å². The smallest absolute Gasteiger partial charge is 0.137 e. The fourth-order valence-electron chi connectivity index (χ4n) is 1.46. The monoisotopic (exact) mass is 202 g/mol. The Hall–Kier alpha value is -1.37. The number of carbonyl (C=O) groups excluding carboxylic acids is 1. The zero-order valence-corrected chi connectivity index (χ0v) is 9.55. The number of rotatable bonds is 5. The van der Waals surface area contributed by atoms with E-state index in [1.54, 1.807) is 0 Å². The number of aryl methyl sites for hydroxylation is 2. The maximum Gasteiger partial charge on any atom is 0.137 e. The number of carbonyl (C=O) groups is 1. The summed E-state index contributed by atoms with van der Waals surface area (Å²) in [5.41, 5.74) is 3.44. The van der Waals surface area contributed by atoms with Gasteiger partial charge in [-0.3, -0.25) is 4.79 Å². The molecule has 1 nitrogen and oxygen atoms in total. The summed E-state index contributed by atoms with van der Waals surface area (Å²) < 4.78 is 0. The molecule has 0 aliphatic carbocycles. The summed E-state index contributed by atoms with van der Waals surface area (Å²) >= 11 is 0. The largest absolute Gasteiger partial charge is 0.299 e. The highest BCUT2D eigenvalue weighted by Gasteiger charge is 2.02. The van der Waals surface area contributed by atoms with Gasteiger partial charge in [-0.2, -0.15) is 0 Å². The molecule has 15 heavy (non-hydrogen) atoms. The maximum absolute atomic E-state index is 11.4. The molecule has 80 valence electrons. The lowest BCUT2D eigenvalue weighted by Crippen LogP contribution is -2.00. The van der Waals surface area contributed by atoms with Crippen LogP contribution in [0.4, 0.5) is 0 Å². The Bertz CT molecular complexity index is 346. The first-order valence-corrected chi connectivity index (χ1v) is 5.29. The van der Waals surface area contributed by atoms with Gasteiger partial charge in [-0.15, -0.1) is 0 Å². The van der Waals surface area contributed by atoms with Crippen molar-refractivity contribution in [1.29, 1.82) is 0 Å². The van der Waals surface area contributed by atoms with Crippen LogP contribution in [0.1, 0.15) is 30.9 Å². The van der Waals surface area contributed by atoms with Crippen LogP contribution in [-0.4, -0.2) is 5.78 Å². The quantitative estimate of drug-likeness (QED) is 0.668. The molecule has 0 spiro atoms. The van der Waals surface area contributed by atoms with E-state index in [9.17, 15) is 4.79 Å². The van der Waals surface area contributed by atoms with Crippen LogP contribution in [-0.2, 0) is 11.2 Å². The standard InChI is InChI=1S/C14H18O/c1-11(2)10-14(15)9-8-13-6-4-12(3)5-7-13/h4-7H,1,8-10H2,2-3H3. The molecule has 0 unspecified atom stereocenters. The van der Waals surface area contributed by atoms with Crippen molar-refractivity contribution in [3.63, 3.8) is 0 Å². The van der Waals surface area contributed by atoms with Gasteiger partial charge in [0.25, 0.3) is 0 Å². The van der Waals surface area contributed by atoms with Crippen molar-refractivity contribution in [2.24, 2.45) is 0 Å². The Balaban J connectivity index is 2.40. The van der Waals surface area contributed by atoms with E-state index < -0.39 is 0 Å². The number of allylic oxidation sites excluding steroid dienone is 1. The van der Waals surface area contributed by atoms with Gasteiger partial charge < -0.3 is 0 Å². The molecule has 0 fully saturated rings. The summed E-state index contributed by atoms with van der Waals surface area (Å²) in [5.74, 6) is 0.281. The van der Waals surface area contributed by atoms with Crippen LogP contribution >= 0.6 is 0 Å². The highest BCUT2D eigenvalue weighted by Crippen LogP contribution is 2.08. The van der Waals surface area contributed by atoms with Gasteiger partial charge in [0, 0.05) is 12.8 Å². The Morgan fingerprint density at radius 3 is 2.40 bits per heavy atom. The summed E-state index contributed by atoms with van der Waals surface area (Å²) in [6, 6.07) is 8.34. The van der Waals surface area contributed by atoms with E-state index >= 15 is 0 Å². The van der Waals surface area contributed by atoms with Crippen molar-refractivity contribution in [2.75, 3.05) is 0 Å². The van der Waals surface area contributed by atoms with Gasteiger partial charge >= 0.3 is 0 Å². The molecular weight excluding hydrogens is 184 g/mol. The van der Waals surface area contributed by atoms with Crippen molar-refractivity contribution in [2.45, 2.75) is 33.1 Å². The molecule has 1 heteroatoms. The zero-order chi connectivity index (χ0) is 11.3. The molecular formula is C14H18O. The number of hydrogen-bond donors (Lipinski definition) is 0. The van der Waals surface area contributed by atoms with Gasteiger partial charge in [0.05, 0.1) is 0 Å². The van der Waals surface area contributed by atoms with E-state index in [0.29, 0.717) is 12.8 Å². The molecule has 0 N–H and O–H groups in total. The van der Waals surface area contributed by atoms with Gasteiger partial charge in [-0.25, -0.2) is 0 Å². The number of benzene rings is 1. The van der Waals surface area contributed by atoms with Crippen molar-refractivity contribution in [3.8, 4) is 0 Å². The Kier molecular flexibility index (Phi) is 4.29. The van der Waals surface area contributed by atoms with E-state index in [1.165, 1.54) is 11.1 Å². The van der Waals surface area contributed by atoms with Crippen molar-refractivity contribution < 1.29 is 4.79 Å². The topological polar surface area (TPSA) is 17.1 Å². The second-order valence-corrected chi connectivity index (χ2v) is 4.16. The summed E-state index contributed by atoms with van der Waals surface area (Å²) in [6.45, 7) is 7.70. The van der Waals surface area contributed by atoms with Crippen molar-refractivity contribution in [3.05, 3.63) is 47.5 Å². The number of ketones is 1. The molecule has 0 aromatic heterocycles. The minimum absolute atomic E-state index is 0.281. The first kappa shape index (κ1) is 11.7.